The van der Waals surface area contributed by atoms with Crippen LogP contribution in [0.4, 0.5) is 5.69 Å². The number of nitrogens with one attached hydrogen (secondary N) is 2. The minimum Gasteiger partial charge on any atom is -0.322 e. The number of pyridine rings is 1. The van der Waals surface area contributed by atoms with Gasteiger partial charge in [0, 0.05) is 28.7 Å². The lowest BCUT2D eigenvalue weighted by Crippen LogP contribution is -2.08. The quantitative estimate of drug-likeness (QED) is 0.660. The van der Waals surface area contributed by atoms with Gasteiger partial charge in [-0.2, -0.15) is 0 Å². The standard InChI is InChI=1S/C16H14N2O2/c1-2-3-4-5-6-15(19)17-13-8-9-14-12(11-13)7-10-16(20)18-14/h2-11H,1H2,(H,17,19)(H,18,20)/b4-3-,6-5+. The van der Waals surface area contributed by atoms with Crippen LogP contribution in [-0.4, -0.2) is 10.9 Å². The number of amides is 1. The number of hydrogen-bond donors (Lipinski definition) is 2. The van der Waals surface area contributed by atoms with E-state index in [-0.39, 0.29) is 11.5 Å². The number of aromatic nitrogens is 1. The van der Waals surface area contributed by atoms with E-state index < -0.39 is 0 Å². The van der Waals surface area contributed by atoms with Crippen molar-refractivity contribution in [2.24, 2.45) is 0 Å². The zero-order valence-electron chi connectivity index (χ0n) is 10.8. The maximum Gasteiger partial charge on any atom is 0.248 e. The zero-order valence-corrected chi connectivity index (χ0v) is 10.8. The van der Waals surface area contributed by atoms with Crippen LogP contribution in [0.25, 0.3) is 10.9 Å². The first-order valence-corrected chi connectivity index (χ1v) is 6.09. The number of carbonyl (C=O) groups excluding carboxylic acids is 1. The van der Waals surface area contributed by atoms with Gasteiger partial charge in [0.1, 0.15) is 0 Å². The van der Waals surface area contributed by atoms with Gasteiger partial charge in [-0.25, -0.2) is 0 Å². The van der Waals surface area contributed by atoms with Crippen molar-refractivity contribution in [3.63, 3.8) is 0 Å². The molecular weight excluding hydrogens is 252 g/mol. The summed E-state index contributed by atoms with van der Waals surface area (Å²) in [7, 11) is 0. The molecule has 0 aliphatic rings. The fraction of sp³-hybridized carbons (Fsp3) is 0. The Morgan fingerprint density at radius 3 is 2.80 bits per heavy atom. The van der Waals surface area contributed by atoms with Gasteiger partial charge in [0.15, 0.2) is 0 Å². The molecule has 4 heteroatoms. The Bertz CT molecular complexity index is 754. The lowest BCUT2D eigenvalue weighted by Gasteiger charge is -2.03. The molecule has 2 aromatic rings. The fourth-order valence-corrected chi connectivity index (χ4v) is 1.70. The number of rotatable bonds is 4. The van der Waals surface area contributed by atoms with E-state index >= 15 is 0 Å². The van der Waals surface area contributed by atoms with Crippen molar-refractivity contribution in [3.8, 4) is 0 Å². The predicted molar refractivity (Wildman–Crippen MR) is 81.7 cm³/mol. The van der Waals surface area contributed by atoms with Gasteiger partial charge >= 0.3 is 0 Å². The van der Waals surface area contributed by atoms with E-state index in [0.29, 0.717) is 5.69 Å². The highest BCUT2D eigenvalue weighted by atomic mass is 16.1. The highest BCUT2D eigenvalue weighted by molar-refractivity contribution is 6.00. The highest BCUT2D eigenvalue weighted by Crippen LogP contribution is 2.15. The molecule has 0 saturated carbocycles. The monoisotopic (exact) mass is 266 g/mol. The average Bonchev–Trinajstić information content (AvgIpc) is 2.44. The number of H-pyrrole nitrogens is 1. The molecule has 1 aromatic heterocycles. The van der Waals surface area contributed by atoms with Gasteiger partial charge in [-0.1, -0.05) is 30.9 Å². The molecule has 0 bridgehead atoms. The molecule has 0 radical (unpaired) electrons. The van der Waals surface area contributed by atoms with Crippen LogP contribution in [0.15, 0.2) is 72.1 Å². The van der Waals surface area contributed by atoms with E-state index in [9.17, 15) is 9.59 Å². The lowest BCUT2D eigenvalue weighted by atomic mass is 10.2. The first-order chi connectivity index (χ1) is 9.69. The van der Waals surface area contributed by atoms with Crippen LogP contribution in [0.3, 0.4) is 0 Å². The molecule has 1 amide bonds. The average molecular weight is 266 g/mol. The molecule has 1 heterocycles. The Morgan fingerprint density at radius 2 is 2.00 bits per heavy atom. The Morgan fingerprint density at radius 1 is 1.15 bits per heavy atom. The third-order valence-electron chi connectivity index (χ3n) is 2.60. The van der Waals surface area contributed by atoms with Crippen molar-refractivity contribution in [1.29, 1.82) is 0 Å². The van der Waals surface area contributed by atoms with Crippen molar-refractivity contribution >= 4 is 22.5 Å². The maximum absolute atomic E-state index is 11.7. The molecule has 0 unspecified atom stereocenters. The molecule has 4 nitrogen and oxygen atoms in total. The summed E-state index contributed by atoms with van der Waals surface area (Å²) in [4.78, 5) is 25.5. The molecule has 0 atom stereocenters. The van der Waals surface area contributed by atoms with Crippen LogP contribution in [0, 0.1) is 0 Å². The van der Waals surface area contributed by atoms with Crippen LogP contribution < -0.4 is 10.9 Å². The number of allylic oxidation sites excluding steroid dienone is 4. The van der Waals surface area contributed by atoms with Gasteiger partial charge in [-0.05, 0) is 24.3 Å². The summed E-state index contributed by atoms with van der Waals surface area (Å²) < 4.78 is 0. The van der Waals surface area contributed by atoms with Crippen molar-refractivity contribution in [2.45, 2.75) is 0 Å². The van der Waals surface area contributed by atoms with E-state index in [1.807, 2.05) is 0 Å². The normalized spacial score (nSPS) is 11.2. The second-order valence-corrected chi connectivity index (χ2v) is 4.09. The molecule has 0 spiro atoms. The number of carbonyl (C=O) groups is 1. The van der Waals surface area contributed by atoms with Gasteiger partial charge in [-0.15, -0.1) is 0 Å². The summed E-state index contributed by atoms with van der Waals surface area (Å²) >= 11 is 0. The third-order valence-corrected chi connectivity index (χ3v) is 2.60. The van der Waals surface area contributed by atoms with Crippen molar-refractivity contribution in [1.82, 2.24) is 4.98 Å². The van der Waals surface area contributed by atoms with Gasteiger partial charge in [-0.3, -0.25) is 9.59 Å². The van der Waals surface area contributed by atoms with Crippen LogP contribution >= 0.6 is 0 Å². The Labute approximate surface area is 116 Å². The van der Waals surface area contributed by atoms with Gasteiger partial charge < -0.3 is 10.3 Å². The van der Waals surface area contributed by atoms with Crippen molar-refractivity contribution in [2.75, 3.05) is 5.32 Å². The summed E-state index contributed by atoms with van der Waals surface area (Å²) in [5.41, 5.74) is 1.26. The molecule has 0 saturated heterocycles. The number of fused-ring (bicyclic) bond motifs is 1. The Hall–Kier alpha value is -2.88. The van der Waals surface area contributed by atoms with Crippen LogP contribution in [0.2, 0.25) is 0 Å². The zero-order chi connectivity index (χ0) is 14.4. The van der Waals surface area contributed by atoms with Gasteiger partial charge in [0.25, 0.3) is 0 Å². The molecule has 2 N–H and O–H groups in total. The van der Waals surface area contributed by atoms with Gasteiger partial charge in [0.2, 0.25) is 11.5 Å². The number of hydrogen-bond acceptors (Lipinski definition) is 2. The topological polar surface area (TPSA) is 62.0 Å². The van der Waals surface area contributed by atoms with E-state index in [0.717, 1.165) is 10.9 Å². The summed E-state index contributed by atoms with van der Waals surface area (Å²) in [6.45, 7) is 3.53. The second-order valence-electron chi connectivity index (χ2n) is 4.09. The summed E-state index contributed by atoms with van der Waals surface area (Å²) in [6, 6.07) is 8.47. The van der Waals surface area contributed by atoms with Crippen molar-refractivity contribution in [3.05, 3.63) is 77.6 Å². The SMILES string of the molecule is C=C/C=C\C=C\C(=O)Nc1ccc2[nH]c(=O)ccc2c1. The summed E-state index contributed by atoms with van der Waals surface area (Å²) in [5.74, 6) is -0.220. The molecule has 2 rings (SSSR count). The molecule has 0 aliphatic heterocycles. The molecular formula is C16H14N2O2. The Kier molecular flexibility index (Phi) is 4.29. The van der Waals surface area contributed by atoms with Crippen LogP contribution in [-0.2, 0) is 4.79 Å². The fourth-order valence-electron chi connectivity index (χ4n) is 1.70. The third kappa shape index (κ3) is 3.55. The molecule has 20 heavy (non-hydrogen) atoms. The first kappa shape index (κ1) is 13.5. The molecule has 100 valence electrons. The minimum absolute atomic E-state index is 0.147. The van der Waals surface area contributed by atoms with E-state index in [1.54, 1.807) is 48.6 Å². The molecule has 1 aromatic carbocycles. The summed E-state index contributed by atoms with van der Waals surface area (Å²) in [6.07, 6.45) is 8.15. The second kappa shape index (κ2) is 6.33. The molecule has 0 fully saturated rings. The number of anilines is 1. The summed E-state index contributed by atoms with van der Waals surface area (Å²) in [5, 5.41) is 3.61. The molecule has 0 aliphatic carbocycles. The highest BCUT2D eigenvalue weighted by Gasteiger charge is 2.00. The Balaban J connectivity index is 2.13. The smallest absolute Gasteiger partial charge is 0.248 e. The number of benzene rings is 1. The first-order valence-electron chi connectivity index (χ1n) is 6.09. The number of aromatic amines is 1. The van der Waals surface area contributed by atoms with Crippen LogP contribution in [0.1, 0.15) is 0 Å². The van der Waals surface area contributed by atoms with Crippen LogP contribution in [0.5, 0.6) is 0 Å². The van der Waals surface area contributed by atoms with E-state index in [2.05, 4.69) is 16.9 Å². The predicted octanol–water partition coefficient (Wildman–Crippen LogP) is 2.77. The minimum atomic E-state index is -0.220. The van der Waals surface area contributed by atoms with Gasteiger partial charge in [0.05, 0.1) is 0 Å². The van der Waals surface area contributed by atoms with E-state index in [4.69, 9.17) is 0 Å². The van der Waals surface area contributed by atoms with E-state index in [1.165, 1.54) is 12.1 Å². The van der Waals surface area contributed by atoms with Crippen molar-refractivity contribution < 1.29 is 4.79 Å². The maximum atomic E-state index is 11.7. The largest absolute Gasteiger partial charge is 0.322 e. The lowest BCUT2D eigenvalue weighted by molar-refractivity contribution is -0.111.